The minimum absolute atomic E-state index is 0.242. The lowest BCUT2D eigenvalue weighted by Crippen LogP contribution is -2.50. The molecule has 1 saturated heterocycles. The van der Waals surface area contributed by atoms with Crippen molar-refractivity contribution in [1.29, 1.82) is 0 Å². The molecular weight excluding hydrogens is 442 g/mol. The van der Waals surface area contributed by atoms with Crippen LogP contribution in [-0.4, -0.2) is 57.5 Å². The van der Waals surface area contributed by atoms with Gasteiger partial charge in [0.25, 0.3) is 0 Å². The quantitative estimate of drug-likeness (QED) is 0.598. The van der Waals surface area contributed by atoms with Gasteiger partial charge in [-0.05, 0) is 63.6 Å². The van der Waals surface area contributed by atoms with Crippen LogP contribution in [0.3, 0.4) is 0 Å². The number of ether oxygens (including phenoxy) is 1. The van der Waals surface area contributed by atoms with Gasteiger partial charge in [-0.2, -0.15) is 4.98 Å². The molecule has 0 atom stereocenters. The number of rotatable bonds is 4. The molecule has 0 aliphatic carbocycles. The number of nitrogens with zero attached hydrogens (tertiary/aromatic N) is 5. The molecular formula is C24H28F2N6O2. The molecule has 3 aromatic rings. The molecule has 34 heavy (non-hydrogen) atoms. The van der Waals surface area contributed by atoms with Gasteiger partial charge in [0.2, 0.25) is 5.95 Å². The summed E-state index contributed by atoms with van der Waals surface area (Å²) in [5.41, 5.74) is 2.56. The molecule has 0 unspecified atom stereocenters. The fraction of sp³-hybridized carbons (Fsp3) is 0.375. The third-order valence-corrected chi connectivity index (χ3v) is 5.22. The summed E-state index contributed by atoms with van der Waals surface area (Å²) in [5.74, 6) is -1.07. The highest BCUT2D eigenvalue weighted by atomic mass is 19.1. The predicted octanol–water partition coefficient (Wildman–Crippen LogP) is 4.65. The molecule has 1 N–H and O–H groups in total. The Labute approximate surface area is 197 Å². The largest absolute Gasteiger partial charge is 0.444 e. The molecule has 1 aliphatic rings. The Balaban J connectivity index is 1.43. The second kappa shape index (κ2) is 9.28. The van der Waals surface area contributed by atoms with Crippen LogP contribution in [0, 0.1) is 18.6 Å². The van der Waals surface area contributed by atoms with Crippen molar-refractivity contribution in [2.24, 2.45) is 0 Å². The van der Waals surface area contributed by atoms with Crippen molar-refractivity contribution in [2.45, 2.75) is 33.3 Å². The van der Waals surface area contributed by atoms with Crippen LogP contribution in [0.5, 0.6) is 0 Å². The Morgan fingerprint density at radius 1 is 0.971 bits per heavy atom. The van der Waals surface area contributed by atoms with Crippen molar-refractivity contribution in [3.8, 4) is 5.69 Å². The number of hydrogen-bond acceptors (Lipinski definition) is 6. The highest BCUT2D eigenvalue weighted by molar-refractivity contribution is 5.69. The van der Waals surface area contributed by atoms with Gasteiger partial charge in [-0.1, -0.05) is 0 Å². The van der Waals surface area contributed by atoms with E-state index in [-0.39, 0.29) is 11.8 Å². The Bertz CT molecular complexity index is 1160. The lowest BCUT2D eigenvalue weighted by Gasteiger charge is -2.37. The number of halogens is 2. The van der Waals surface area contributed by atoms with Crippen LogP contribution in [0.15, 0.2) is 42.7 Å². The van der Waals surface area contributed by atoms with E-state index in [1.165, 1.54) is 23.1 Å². The van der Waals surface area contributed by atoms with Crippen LogP contribution in [0.4, 0.5) is 30.9 Å². The lowest BCUT2D eigenvalue weighted by atomic mass is 10.1. The zero-order valence-corrected chi connectivity index (χ0v) is 19.7. The van der Waals surface area contributed by atoms with Crippen molar-refractivity contribution in [3.05, 3.63) is 59.9 Å². The summed E-state index contributed by atoms with van der Waals surface area (Å²) in [5, 5.41) is 7.43. The van der Waals surface area contributed by atoms with E-state index in [2.05, 4.69) is 26.4 Å². The molecule has 180 valence electrons. The number of carbonyl (C=O) groups excluding carboxylic acids is 1. The first-order valence-corrected chi connectivity index (χ1v) is 11.1. The first-order valence-electron chi connectivity index (χ1n) is 11.1. The van der Waals surface area contributed by atoms with Gasteiger partial charge in [-0.15, -0.1) is 5.10 Å². The van der Waals surface area contributed by atoms with E-state index >= 15 is 0 Å². The number of anilines is 3. The fourth-order valence-electron chi connectivity index (χ4n) is 3.74. The van der Waals surface area contributed by atoms with E-state index in [9.17, 15) is 13.6 Å². The summed E-state index contributed by atoms with van der Waals surface area (Å²) in [7, 11) is 0. The van der Waals surface area contributed by atoms with Gasteiger partial charge in [0, 0.05) is 43.6 Å². The van der Waals surface area contributed by atoms with Crippen LogP contribution in [0.2, 0.25) is 0 Å². The molecule has 0 spiro atoms. The SMILES string of the molecule is Cc1cc(Nc2ncn(-c3cc(F)cc(F)c3)n2)cc(N2CCN(C(=O)OC(C)(C)C)CC2)c1. The monoisotopic (exact) mass is 470 g/mol. The summed E-state index contributed by atoms with van der Waals surface area (Å²) in [4.78, 5) is 20.5. The van der Waals surface area contributed by atoms with E-state index < -0.39 is 17.2 Å². The van der Waals surface area contributed by atoms with Crippen molar-refractivity contribution in [2.75, 3.05) is 36.4 Å². The van der Waals surface area contributed by atoms with Crippen molar-refractivity contribution >= 4 is 23.4 Å². The summed E-state index contributed by atoms with van der Waals surface area (Å²) < 4.78 is 33.8. The molecule has 0 bridgehead atoms. The average Bonchev–Trinajstić information content (AvgIpc) is 3.20. The van der Waals surface area contributed by atoms with Crippen LogP contribution in [0.1, 0.15) is 26.3 Å². The predicted molar refractivity (Wildman–Crippen MR) is 126 cm³/mol. The minimum atomic E-state index is -0.685. The molecule has 1 aliphatic heterocycles. The Kier molecular flexibility index (Phi) is 6.41. The van der Waals surface area contributed by atoms with Gasteiger partial charge in [-0.25, -0.2) is 18.3 Å². The van der Waals surface area contributed by atoms with Gasteiger partial charge in [0.05, 0.1) is 5.69 Å². The zero-order chi connectivity index (χ0) is 24.5. The van der Waals surface area contributed by atoms with Gasteiger partial charge in [-0.3, -0.25) is 0 Å². The second-order valence-electron chi connectivity index (χ2n) is 9.28. The van der Waals surface area contributed by atoms with E-state index in [4.69, 9.17) is 4.74 Å². The number of amides is 1. The molecule has 1 amide bonds. The van der Waals surface area contributed by atoms with Gasteiger partial charge in [0.1, 0.15) is 23.6 Å². The Hall–Kier alpha value is -3.69. The number of nitrogens with one attached hydrogen (secondary N) is 1. The maximum Gasteiger partial charge on any atom is 0.410 e. The molecule has 0 radical (unpaired) electrons. The standard InChI is InChI=1S/C24H28F2N6O2/c1-16-9-19(28-22-27-15-32(29-22)21-12-17(25)11-18(26)13-21)14-20(10-16)30-5-7-31(8-6-30)23(33)34-24(2,3)4/h9-15H,5-8H2,1-4H3,(H,28,29). The Morgan fingerprint density at radius 2 is 1.65 bits per heavy atom. The number of piperazine rings is 1. The highest BCUT2D eigenvalue weighted by Gasteiger charge is 2.26. The summed E-state index contributed by atoms with van der Waals surface area (Å²) in [6.07, 6.45) is 1.10. The van der Waals surface area contributed by atoms with Gasteiger partial charge < -0.3 is 19.9 Å². The second-order valence-corrected chi connectivity index (χ2v) is 9.28. The summed E-state index contributed by atoms with van der Waals surface area (Å²) in [6.45, 7) is 10.1. The third kappa shape index (κ3) is 5.81. The molecule has 10 heteroatoms. The molecule has 2 aromatic carbocycles. The van der Waals surface area contributed by atoms with Crippen molar-refractivity contribution < 1.29 is 18.3 Å². The highest BCUT2D eigenvalue weighted by Crippen LogP contribution is 2.26. The van der Waals surface area contributed by atoms with Crippen molar-refractivity contribution in [3.63, 3.8) is 0 Å². The van der Waals surface area contributed by atoms with E-state index in [1.807, 2.05) is 39.8 Å². The topological polar surface area (TPSA) is 75.5 Å². The van der Waals surface area contributed by atoms with E-state index in [0.29, 0.717) is 32.1 Å². The average molecular weight is 471 g/mol. The molecule has 4 rings (SSSR count). The number of benzene rings is 2. The number of hydrogen-bond donors (Lipinski definition) is 1. The lowest BCUT2D eigenvalue weighted by molar-refractivity contribution is 0.0240. The van der Waals surface area contributed by atoms with Gasteiger partial charge in [0.15, 0.2) is 0 Å². The normalized spacial score (nSPS) is 14.3. The molecule has 8 nitrogen and oxygen atoms in total. The molecule has 2 heterocycles. The van der Waals surface area contributed by atoms with Crippen LogP contribution in [0.25, 0.3) is 5.69 Å². The molecule has 1 fully saturated rings. The van der Waals surface area contributed by atoms with Crippen LogP contribution in [-0.2, 0) is 4.74 Å². The molecule has 1 aromatic heterocycles. The third-order valence-electron chi connectivity index (χ3n) is 5.22. The van der Waals surface area contributed by atoms with E-state index in [0.717, 1.165) is 23.0 Å². The zero-order valence-electron chi connectivity index (χ0n) is 19.7. The first kappa shape index (κ1) is 23.5. The Morgan fingerprint density at radius 3 is 2.29 bits per heavy atom. The van der Waals surface area contributed by atoms with Crippen LogP contribution >= 0.6 is 0 Å². The maximum atomic E-state index is 13.5. The number of aromatic nitrogens is 3. The minimum Gasteiger partial charge on any atom is -0.444 e. The summed E-state index contributed by atoms with van der Waals surface area (Å²) in [6, 6.07) is 9.20. The number of aryl methyl sites for hydroxylation is 1. The maximum absolute atomic E-state index is 13.5. The smallest absolute Gasteiger partial charge is 0.410 e. The van der Waals surface area contributed by atoms with Crippen LogP contribution < -0.4 is 10.2 Å². The van der Waals surface area contributed by atoms with Gasteiger partial charge >= 0.3 is 6.09 Å². The fourth-order valence-corrected chi connectivity index (χ4v) is 3.74. The number of carbonyl (C=O) groups is 1. The van der Waals surface area contributed by atoms with Crippen molar-refractivity contribution in [1.82, 2.24) is 19.7 Å². The summed E-state index contributed by atoms with van der Waals surface area (Å²) >= 11 is 0. The van der Waals surface area contributed by atoms with E-state index in [1.54, 1.807) is 4.90 Å². The first-order chi connectivity index (χ1) is 16.1. The molecule has 0 saturated carbocycles.